The van der Waals surface area contributed by atoms with Gasteiger partial charge in [0.2, 0.25) is 5.91 Å². The number of nitrogens with zero attached hydrogens (tertiary/aromatic N) is 3. The molecule has 0 saturated heterocycles. The van der Waals surface area contributed by atoms with Gasteiger partial charge in [0.15, 0.2) is 0 Å². The summed E-state index contributed by atoms with van der Waals surface area (Å²) in [5, 5.41) is 0. The number of hydrogen-bond donors (Lipinski definition) is 0. The van der Waals surface area contributed by atoms with Crippen LogP contribution in [0, 0.1) is 6.92 Å². The van der Waals surface area contributed by atoms with Gasteiger partial charge in [-0.25, -0.2) is 4.98 Å². The van der Waals surface area contributed by atoms with Crippen LogP contribution in [0.15, 0.2) is 77.7 Å². The summed E-state index contributed by atoms with van der Waals surface area (Å²) in [5.74, 6) is 0.810. The summed E-state index contributed by atoms with van der Waals surface area (Å²) >= 11 is 0. The molecule has 4 rings (SSSR count). The molecule has 2 aromatic heterocycles. The first-order chi connectivity index (χ1) is 13.2. The van der Waals surface area contributed by atoms with Gasteiger partial charge in [0.1, 0.15) is 5.76 Å². The van der Waals surface area contributed by atoms with Gasteiger partial charge in [0, 0.05) is 18.7 Å². The lowest BCUT2D eigenvalue weighted by Gasteiger charge is -2.22. The van der Waals surface area contributed by atoms with E-state index in [0.717, 1.165) is 28.0 Å². The second-order valence-corrected chi connectivity index (χ2v) is 6.57. The predicted molar refractivity (Wildman–Crippen MR) is 105 cm³/mol. The van der Waals surface area contributed by atoms with Crippen LogP contribution in [0.5, 0.6) is 0 Å². The van der Waals surface area contributed by atoms with Gasteiger partial charge in [0.05, 0.1) is 30.2 Å². The van der Waals surface area contributed by atoms with Crippen LogP contribution in [0.2, 0.25) is 0 Å². The minimum atomic E-state index is 0.0491. The van der Waals surface area contributed by atoms with Crippen molar-refractivity contribution in [2.24, 2.45) is 0 Å². The Balaban J connectivity index is 1.53. The van der Waals surface area contributed by atoms with E-state index in [1.807, 2.05) is 72.2 Å². The molecule has 5 heteroatoms. The van der Waals surface area contributed by atoms with Crippen molar-refractivity contribution < 1.29 is 9.21 Å². The van der Waals surface area contributed by atoms with Gasteiger partial charge >= 0.3 is 0 Å². The van der Waals surface area contributed by atoms with Crippen LogP contribution in [-0.4, -0.2) is 15.5 Å². The maximum Gasteiger partial charge on any atom is 0.229 e. The van der Waals surface area contributed by atoms with Crippen molar-refractivity contribution >= 4 is 22.6 Å². The maximum atomic E-state index is 13.0. The first-order valence-corrected chi connectivity index (χ1v) is 9.00. The molecule has 0 aliphatic heterocycles. The Morgan fingerprint density at radius 1 is 1.07 bits per heavy atom. The average Bonchev–Trinajstić information content (AvgIpc) is 3.35. The topological polar surface area (TPSA) is 51.3 Å². The van der Waals surface area contributed by atoms with Gasteiger partial charge < -0.3 is 13.9 Å². The van der Waals surface area contributed by atoms with Crippen molar-refractivity contribution in [3.63, 3.8) is 0 Å². The highest BCUT2D eigenvalue weighted by atomic mass is 16.3. The Labute approximate surface area is 157 Å². The molecule has 5 nitrogen and oxygen atoms in total. The molecule has 0 N–H and O–H groups in total. The van der Waals surface area contributed by atoms with Crippen LogP contribution in [0.1, 0.15) is 17.7 Å². The molecule has 4 aromatic rings. The minimum absolute atomic E-state index is 0.0491. The predicted octanol–water partition coefficient (Wildman–Crippen LogP) is 4.56. The minimum Gasteiger partial charge on any atom is -0.467 e. The fourth-order valence-electron chi connectivity index (χ4n) is 3.15. The number of rotatable bonds is 6. The van der Waals surface area contributed by atoms with Gasteiger partial charge in [0.25, 0.3) is 0 Å². The lowest BCUT2D eigenvalue weighted by atomic mass is 10.2. The first kappa shape index (κ1) is 17.1. The summed E-state index contributed by atoms with van der Waals surface area (Å²) in [5.41, 5.74) is 4.01. The fourth-order valence-corrected chi connectivity index (χ4v) is 3.15. The number of carbonyl (C=O) groups is 1. The highest BCUT2D eigenvalue weighted by Crippen LogP contribution is 2.20. The van der Waals surface area contributed by atoms with Crippen molar-refractivity contribution in [1.29, 1.82) is 0 Å². The molecule has 136 valence electrons. The van der Waals surface area contributed by atoms with Crippen molar-refractivity contribution in [2.45, 2.75) is 26.4 Å². The summed E-state index contributed by atoms with van der Waals surface area (Å²) in [6, 6.07) is 19.7. The quantitative estimate of drug-likeness (QED) is 0.507. The number of para-hydroxylation sites is 2. The van der Waals surface area contributed by atoms with Crippen molar-refractivity contribution in [3.8, 4) is 0 Å². The number of fused-ring (bicyclic) bond motifs is 1. The zero-order valence-corrected chi connectivity index (χ0v) is 15.2. The molecule has 0 aliphatic rings. The van der Waals surface area contributed by atoms with Gasteiger partial charge in [-0.3, -0.25) is 4.79 Å². The van der Waals surface area contributed by atoms with Crippen LogP contribution in [0.4, 0.5) is 5.69 Å². The second-order valence-electron chi connectivity index (χ2n) is 6.57. The Morgan fingerprint density at radius 2 is 1.89 bits per heavy atom. The van der Waals surface area contributed by atoms with Gasteiger partial charge in [-0.05, 0) is 43.3 Å². The van der Waals surface area contributed by atoms with E-state index >= 15 is 0 Å². The summed E-state index contributed by atoms with van der Waals surface area (Å²) in [6.45, 7) is 3.03. The molecule has 0 radical (unpaired) electrons. The van der Waals surface area contributed by atoms with E-state index in [2.05, 4.69) is 4.98 Å². The summed E-state index contributed by atoms with van der Waals surface area (Å²) in [7, 11) is 0. The number of aromatic nitrogens is 2. The molecule has 0 atom stereocenters. The second kappa shape index (κ2) is 7.50. The number of amides is 1. The van der Waals surface area contributed by atoms with E-state index in [-0.39, 0.29) is 5.91 Å². The summed E-state index contributed by atoms with van der Waals surface area (Å²) < 4.78 is 7.48. The molecule has 0 bridgehead atoms. The normalized spacial score (nSPS) is 11.0. The molecule has 1 amide bonds. The number of furan rings is 1. The third-order valence-corrected chi connectivity index (χ3v) is 4.63. The Kier molecular flexibility index (Phi) is 4.75. The molecule has 0 fully saturated rings. The van der Waals surface area contributed by atoms with Crippen LogP contribution < -0.4 is 4.90 Å². The SMILES string of the molecule is Cc1ccc(N(Cc2ccco2)C(=O)CCn2cnc3ccccc32)cc1. The van der Waals surface area contributed by atoms with Crippen molar-refractivity contribution in [1.82, 2.24) is 9.55 Å². The monoisotopic (exact) mass is 359 g/mol. The van der Waals surface area contributed by atoms with Gasteiger partial charge in [-0.15, -0.1) is 0 Å². The lowest BCUT2D eigenvalue weighted by molar-refractivity contribution is -0.119. The summed E-state index contributed by atoms with van der Waals surface area (Å²) in [6.07, 6.45) is 3.81. The largest absolute Gasteiger partial charge is 0.467 e. The molecule has 0 saturated carbocycles. The zero-order valence-electron chi connectivity index (χ0n) is 15.2. The van der Waals surface area contributed by atoms with Gasteiger partial charge in [-0.1, -0.05) is 29.8 Å². The lowest BCUT2D eigenvalue weighted by Crippen LogP contribution is -2.30. The average molecular weight is 359 g/mol. The number of aryl methyl sites for hydroxylation is 2. The van der Waals surface area contributed by atoms with Crippen molar-refractivity contribution in [2.75, 3.05) is 4.90 Å². The van der Waals surface area contributed by atoms with Gasteiger partial charge in [-0.2, -0.15) is 0 Å². The number of anilines is 1. The fraction of sp³-hybridized carbons (Fsp3) is 0.182. The maximum absolute atomic E-state index is 13.0. The van der Waals surface area contributed by atoms with E-state index < -0.39 is 0 Å². The molecule has 0 spiro atoms. The van der Waals surface area contributed by atoms with Crippen LogP contribution in [-0.2, 0) is 17.9 Å². The Hall–Kier alpha value is -3.34. The molecular weight excluding hydrogens is 338 g/mol. The zero-order chi connectivity index (χ0) is 18.6. The number of imidazole rings is 1. The summed E-state index contributed by atoms with van der Waals surface area (Å²) in [4.78, 5) is 19.2. The van der Waals surface area contributed by atoms with Crippen molar-refractivity contribution in [3.05, 3.63) is 84.6 Å². The Bertz CT molecular complexity index is 1030. The molecule has 2 aromatic carbocycles. The Morgan fingerprint density at radius 3 is 2.67 bits per heavy atom. The highest BCUT2D eigenvalue weighted by molar-refractivity contribution is 5.93. The van der Waals surface area contributed by atoms with E-state index in [9.17, 15) is 4.79 Å². The molecular formula is C22H21N3O2. The molecule has 0 unspecified atom stereocenters. The van der Waals surface area contributed by atoms with E-state index in [4.69, 9.17) is 4.42 Å². The third-order valence-electron chi connectivity index (χ3n) is 4.63. The van der Waals surface area contributed by atoms with Crippen LogP contribution in [0.3, 0.4) is 0 Å². The number of carbonyl (C=O) groups excluding carboxylic acids is 1. The van der Waals surface area contributed by atoms with E-state index in [1.165, 1.54) is 0 Å². The molecule has 0 aliphatic carbocycles. The highest BCUT2D eigenvalue weighted by Gasteiger charge is 2.18. The standard InChI is InChI=1S/C22H21N3O2/c1-17-8-10-18(11-9-17)25(15-19-5-4-14-27-19)22(26)12-13-24-16-23-20-6-2-3-7-21(20)24/h2-11,14,16H,12-13,15H2,1H3. The number of benzene rings is 2. The molecule has 2 heterocycles. The van der Waals surface area contributed by atoms with Crippen LogP contribution >= 0.6 is 0 Å². The smallest absolute Gasteiger partial charge is 0.229 e. The van der Waals surface area contributed by atoms with Crippen LogP contribution in [0.25, 0.3) is 11.0 Å². The number of hydrogen-bond acceptors (Lipinski definition) is 3. The molecule has 27 heavy (non-hydrogen) atoms. The van der Waals surface area contributed by atoms with E-state index in [1.54, 1.807) is 17.5 Å². The van der Waals surface area contributed by atoms with E-state index in [0.29, 0.717) is 19.5 Å². The first-order valence-electron chi connectivity index (χ1n) is 9.00. The third kappa shape index (κ3) is 3.77.